The van der Waals surface area contributed by atoms with E-state index in [1.54, 1.807) is 0 Å². The van der Waals surface area contributed by atoms with Crippen molar-refractivity contribution in [3.63, 3.8) is 0 Å². The molecule has 0 N–H and O–H groups in total. The van der Waals surface area contributed by atoms with Crippen LogP contribution in [0.2, 0.25) is 0 Å². The van der Waals surface area contributed by atoms with E-state index >= 15 is 0 Å². The second-order valence-corrected chi connectivity index (χ2v) is 12.5. The zero-order chi connectivity index (χ0) is 30.9. The predicted molar refractivity (Wildman–Crippen MR) is 200 cm³/mol. The Balaban J connectivity index is 1.09. The number of furan rings is 1. The van der Waals surface area contributed by atoms with Gasteiger partial charge in [-0.05, 0) is 119 Å². The van der Waals surface area contributed by atoms with Crippen LogP contribution in [0, 0.1) is 0 Å². The van der Waals surface area contributed by atoms with Crippen molar-refractivity contribution < 1.29 is 4.42 Å². The maximum absolute atomic E-state index is 6.24. The second kappa shape index (κ2) is 10.2. The van der Waals surface area contributed by atoms with Crippen molar-refractivity contribution in [2.24, 2.45) is 0 Å². The van der Waals surface area contributed by atoms with Gasteiger partial charge in [-0.25, -0.2) is 0 Å². The number of fused-ring (bicyclic) bond motifs is 9. The summed E-state index contributed by atoms with van der Waals surface area (Å²) in [5.41, 5.74) is 9.11. The Kier molecular flexibility index (Phi) is 5.64. The first kappa shape index (κ1) is 26.1. The Morgan fingerprint density at radius 3 is 1.55 bits per heavy atom. The van der Waals surface area contributed by atoms with Crippen molar-refractivity contribution in [1.29, 1.82) is 0 Å². The highest BCUT2D eigenvalue weighted by Crippen LogP contribution is 2.40. The van der Waals surface area contributed by atoms with Crippen LogP contribution in [-0.4, -0.2) is 0 Å². The summed E-state index contributed by atoms with van der Waals surface area (Å²) in [6.07, 6.45) is 0. The Morgan fingerprint density at radius 1 is 0.255 bits per heavy atom. The third kappa shape index (κ3) is 4.17. The van der Waals surface area contributed by atoms with Crippen molar-refractivity contribution in [2.45, 2.75) is 0 Å². The summed E-state index contributed by atoms with van der Waals surface area (Å²) < 4.78 is 6.24. The van der Waals surface area contributed by atoms with E-state index in [4.69, 9.17) is 4.42 Å². The number of hydrogen-bond acceptors (Lipinski definition) is 1. The van der Waals surface area contributed by atoms with E-state index in [0.29, 0.717) is 0 Å². The number of benzene rings is 9. The third-order valence-corrected chi connectivity index (χ3v) is 9.83. The van der Waals surface area contributed by atoms with E-state index in [0.717, 1.165) is 21.9 Å². The minimum Gasteiger partial charge on any atom is -0.456 e. The number of rotatable bonds is 3. The van der Waals surface area contributed by atoms with Crippen LogP contribution in [-0.2, 0) is 0 Å². The van der Waals surface area contributed by atoms with E-state index in [9.17, 15) is 0 Å². The van der Waals surface area contributed by atoms with Crippen LogP contribution in [0.5, 0.6) is 0 Å². The zero-order valence-electron chi connectivity index (χ0n) is 25.6. The SMILES string of the molecule is c1ccc(-c2ccc3oc4ccc(-c5ccc6cc(-c7cc8c9ccccc9ccc8c8ccccc78)ccc6c5)cc4c3c2)cc1. The van der Waals surface area contributed by atoms with E-state index in [1.165, 1.54) is 76.5 Å². The molecule has 1 heterocycles. The van der Waals surface area contributed by atoms with Gasteiger partial charge in [-0.2, -0.15) is 0 Å². The van der Waals surface area contributed by atoms with Gasteiger partial charge in [0, 0.05) is 10.8 Å². The zero-order valence-corrected chi connectivity index (χ0v) is 25.6. The van der Waals surface area contributed by atoms with E-state index < -0.39 is 0 Å². The van der Waals surface area contributed by atoms with Crippen molar-refractivity contribution in [1.82, 2.24) is 0 Å². The molecular formula is C46H28O. The lowest BCUT2D eigenvalue weighted by Gasteiger charge is -2.14. The lowest BCUT2D eigenvalue weighted by molar-refractivity contribution is 0.669. The van der Waals surface area contributed by atoms with Gasteiger partial charge in [-0.15, -0.1) is 0 Å². The van der Waals surface area contributed by atoms with Crippen molar-refractivity contribution in [3.8, 4) is 33.4 Å². The van der Waals surface area contributed by atoms with E-state index in [-0.39, 0.29) is 0 Å². The molecule has 47 heavy (non-hydrogen) atoms. The molecule has 10 aromatic rings. The minimum atomic E-state index is 0.912. The predicted octanol–water partition coefficient (Wildman–Crippen LogP) is 13.2. The molecule has 0 radical (unpaired) electrons. The standard InChI is InChI=1S/C46H28O/c1-2-8-29(9-3-1)34-19-22-45-43(26-34)44-27-35(20-23-46(44)47-45)32-14-15-33-25-36(17-16-31(33)24-32)41-28-42-37-11-5-4-10-30(37)18-21-40(42)38-12-6-7-13-39(38)41/h1-28H. The summed E-state index contributed by atoms with van der Waals surface area (Å²) in [6, 6.07) is 61.7. The highest BCUT2D eigenvalue weighted by atomic mass is 16.3. The fourth-order valence-corrected chi connectivity index (χ4v) is 7.46. The molecule has 218 valence electrons. The Hall–Kier alpha value is -6.18. The van der Waals surface area contributed by atoms with Crippen LogP contribution in [0.1, 0.15) is 0 Å². The quantitative estimate of drug-likeness (QED) is 0.185. The minimum absolute atomic E-state index is 0.912. The molecule has 0 amide bonds. The molecule has 0 fully saturated rings. The van der Waals surface area contributed by atoms with Gasteiger partial charge < -0.3 is 4.42 Å². The maximum atomic E-state index is 6.24. The van der Waals surface area contributed by atoms with Gasteiger partial charge in [0.2, 0.25) is 0 Å². The fraction of sp³-hybridized carbons (Fsp3) is 0. The van der Waals surface area contributed by atoms with Gasteiger partial charge >= 0.3 is 0 Å². The summed E-state index contributed by atoms with van der Waals surface area (Å²) in [7, 11) is 0. The molecule has 0 bridgehead atoms. The molecule has 0 saturated carbocycles. The average molecular weight is 597 g/mol. The van der Waals surface area contributed by atoms with Crippen molar-refractivity contribution >= 4 is 65.0 Å². The van der Waals surface area contributed by atoms with E-state index in [1.807, 2.05) is 0 Å². The smallest absolute Gasteiger partial charge is 0.135 e. The summed E-state index contributed by atoms with van der Waals surface area (Å²) in [4.78, 5) is 0. The van der Waals surface area contributed by atoms with E-state index in [2.05, 4.69) is 170 Å². The Morgan fingerprint density at radius 2 is 0.787 bits per heavy atom. The third-order valence-electron chi connectivity index (χ3n) is 9.83. The lowest BCUT2D eigenvalue weighted by Crippen LogP contribution is -1.87. The van der Waals surface area contributed by atoms with Gasteiger partial charge in [-0.3, -0.25) is 0 Å². The van der Waals surface area contributed by atoms with Crippen molar-refractivity contribution in [2.75, 3.05) is 0 Å². The number of hydrogen-bond donors (Lipinski definition) is 0. The topological polar surface area (TPSA) is 13.1 Å². The molecule has 0 atom stereocenters. The molecule has 1 nitrogen and oxygen atoms in total. The van der Waals surface area contributed by atoms with Crippen LogP contribution in [0.15, 0.2) is 174 Å². The van der Waals surface area contributed by atoms with Gasteiger partial charge in [0.1, 0.15) is 11.2 Å². The van der Waals surface area contributed by atoms with Crippen LogP contribution < -0.4 is 0 Å². The molecule has 0 aliphatic heterocycles. The first-order valence-electron chi connectivity index (χ1n) is 16.2. The van der Waals surface area contributed by atoms with Crippen LogP contribution >= 0.6 is 0 Å². The molecule has 1 heteroatoms. The molecule has 10 rings (SSSR count). The first-order chi connectivity index (χ1) is 23.3. The highest BCUT2D eigenvalue weighted by molar-refractivity contribution is 6.21. The summed E-state index contributed by atoms with van der Waals surface area (Å²) >= 11 is 0. The molecule has 0 aliphatic rings. The normalized spacial score (nSPS) is 11.8. The molecule has 9 aromatic carbocycles. The highest BCUT2D eigenvalue weighted by Gasteiger charge is 2.13. The van der Waals surface area contributed by atoms with Gasteiger partial charge in [-0.1, -0.05) is 127 Å². The Labute approximate surface area is 271 Å². The summed E-state index contributed by atoms with van der Waals surface area (Å²) in [6.45, 7) is 0. The first-order valence-corrected chi connectivity index (χ1v) is 16.2. The van der Waals surface area contributed by atoms with Crippen LogP contribution in [0.4, 0.5) is 0 Å². The van der Waals surface area contributed by atoms with Crippen LogP contribution in [0.3, 0.4) is 0 Å². The summed E-state index contributed by atoms with van der Waals surface area (Å²) in [5.74, 6) is 0. The lowest BCUT2D eigenvalue weighted by atomic mass is 9.90. The van der Waals surface area contributed by atoms with Gasteiger partial charge in [0.15, 0.2) is 0 Å². The molecule has 0 spiro atoms. The molecular weight excluding hydrogens is 569 g/mol. The van der Waals surface area contributed by atoms with Gasteiger partial charge in [0.25, 0.3) is 0 Å². The monoisotopic (exact) mass is 596 g/mol. The molecule has 0 unspecified atom stereocenters. The summed E-state index contributed by atoms with van der Waals surface area (Å²) in [5, 5.41) is 12.5. The van der Waals surface area contributed by atoms with Crippen LogP contribution in [0.25, 0.3) is 98.4 Å². The average Bonchev–Trinajstić information content (AvgIpc) is 3.51. The fourth-order valence-electron chi connectivity index (χ4n) is 7.46. The molecule has 1 aromatic heterocycles. The largest absolute Gasteiger partial charge is 0.456 e. The molecule has 0 aliphatic carbocycles. The maximum Gasteiger partial charge on any atom is 0.135 e. The Bertz CT molecular complexity index is 2840. The molecule has 0 saturated heterocycles. The second-order valence-electron chi connectivity index (χ2n) is 12.5. The van der Waals surface area contributed by atoms with Crippen molar-refractivity contribution in [3.05, 3.63) is 170 Å². The van der Waals surface area contributed by atoms with Gasteiger partial charge in [0.05, 0.1) is 0 Å².